The van der Waals surface area contributed by atoms with E-state index in [0.717, 1.165) is 0 Å². The molecule has 0 atom stereocenters. The third kappa shape index (κ3) is 5.40. The first-order chi connectivity index (χ1) is 6.61. The topological polar surface area (TPSA) is 58.6 Å². The lowest BCUT2D eigenvalue weighted by atomic mass is 10.4. The molecule has 0 fully saturated rings. The van der Waals surface area contributed by atoms with Gasteiger partial charge in [-0.15, -0.1) is 0 Å². The highest BCUT2D eigenvalue weighted by molar-refractivity contribution is 5.75. The standard InChI is InChI=1S/C9H18N2O3/c1-4-11(3)9(13)10-7-6-8(12)14-5-2/h4-7H2,1-3H3,(H,10,13). The summed E-state index contributed by atoms with van der Waals surface area (Å²) in [5.41, 5.74) is 0. The number of hydrogen-bond acceptors (Lipinski definition) is 3. The molecule has 5 nitrogen and oxygen atoms in total. The van der Waals surface area contributed by atoms with Gasteiger partial charge in [0, 0.05) is 20.1 Å². The molecule has 14 heavy (non-hydrogen) atoms. The Labute approximate surface area is 84.4 Å². The summed E-state index contributed by atoms with van der Waals surface area (Å²) in [6, 6.07) is -0.170. The van der Waals surface area contributed by atoms with Crippen molar-refractivity contribution in [2.24, 2.45) is 0 Å². The summed E-state index contributed by atoms with van der Waals surface area (Å²) in [4.78, 5) is 23.6. The summed E-state index contributed by atoms with van der Waals surface area (Å²) >= 11 is 0. The van der Waals surface area contributed by atoms with Crippen LogP contribution >= 0.6 is 0 Å². The Bertz CT molecular complexity index is 194. The Morgan fingerprint density at radius 1 is 1.36 bits per heavy atom. The monoisotopic (exact) mass is 202 g/mol. The van der Waals surface area contributed by atoms with Crippen molar-refractivity contribution in [1.29, 1.82) is 0 Å². The largest absolute Gasteiger partial charge is 0.466 e. The number of amides is 2. The van der Waals surface area contributed by atoms with Crippen LogP contribution in [-0.4, -0.2) is 43.6 Å². The molecule has 0 heterocycles. The quantitative estimate of drug-likeness (QED) is 0.664. The van der Waals surface area contributed by atoms with Crippen molar-refractivity contribution in [2.45, 2.75) is 20.3 Å². The Balaban J connectivity index is 3.54. The van der Waals surface area contributed by atoms with Gasteiger partial charge < -0.3 is 15.0 Å². The number of hydrogen-bond donors (Lipinski definition) is 1. The number of nitrogens with zero attached hydrogens (tertiary/aromatic N) is 1. The van der Waals surface area contributed by atoms with Crippen molar-refractivity contribution in [3.63, 3.8) is 0 Å². The molecule has 2 amide bonds. The molecular formula is C9H18N2O3. The van der Waals surface area contributed by atoms with Crippen LogP contribution in [0.5, 0.6) is 0 Å². The lowest BCUT2D eigenvalue weighted by Crippen LogP contribution is -2.38. The molecule has 0 bridgehead atoms. The maximum Gasteiger partial charge on any atom is 0.317 e. The maximum absolute atomic E-state index is 11.2. The van der Waals surface area contributed by atoms with Crippen molar-refractivity contribution in [3.05, 3.63) is 0 Å². The third-order valence-electron chi connectivity index (χ3n) is 1.73. The first-order valence-electron chi connectivity index (χ1n) is 4.76. The van der Waals surface area contributed by atoms with E-state index in [-0.39, 0.29) is 18.4 Å². The molecule has 1 N–H and O–H groups in total. The SMILES string of the molecule is CCOC(=O)CCNC(=O)N(C)CC. The second-order valence-electron chi connectivity index (χ2n) is 2.80. The molecule has 5 heteroatoms. The summed E-state index contributed by atoms with van der Waals surface area (Å²) in [6.45, 7) is 4.97. The third-order valence-corrected chi connectivity index (χ3v) is 1.73. The van der Waals surface area contributed by atoms with E-state index >= 15 is 0 Å². The van der Waals surface area contributed by atoms with Gasteiger partial charge in [0.05, 0.1) is 13.0 Å². The molecule has 0 unspecified atom stereocenters. The number of carbonyl (C=O) groups is 2. The van der Waals surface area contributed by atoms with Gasteiger partial charge in [-0.1, -0.05) is 0 Å². The van der Waals surface area contributed by atoms with Crippen LogP contribution in [0.25, 0.3) is 0 Å². The minimum Gasteiger partial charge on any atom is -0.466 e. The van der Waals surface area contributed by atoms with E-state index in [1.165, 1.54) is 4.90 Å². The molecule has 0 spiro atoms. The number of nitrogens with one attached hydrogen (secondary N) is 1. The van der Waals surface area contributed by atoms with E-state index < -0.39 is 0 Å². The molecule has 0 aromatic rings. The van der Waals surface area contributed by atoms with Crippen LogP contribution in [0.2, 0.25) is 0 Å². The van der Waals surface area contributed by atoms with Crippen LogP contribution in [0.4, 0.5) is 4.79 Å². The van der Waals surface area contributed by atoms with Crippen LogP contribution in [0.1, 0.15) is 20.3 Å². The Morgan fingerprint density at radius 2 is 2.00 bits per heavy atom. The van der Waals surface area contributed by atoms with Crippen molar-refractivity contribution in [2.75, 3.05) is 26.7 Å². The minimum absolute atomic E-state index is 0.170. The molecule has 0 saturated carbocycles. The van der Waals surface area contributed by atoms with Gasteiger partial charge in [0.15, 0.2) is 0 Å². The zero-order valence-electron chi connectivity index (χ0n) is 9.00. The lowest BCUT2D eigenvalue weighted by molar-refractivity contribution is -0.142. The smallest absolute Gasteiger partial charge is 0.317 e. The predicted octanol–water partition coefficient (Wildman–Crippen LogP) is 0.601. The summed E-state index contributed by atoms with van der Waals surface area (Å²) in [5.74, 6) is -0.285. The first kappa shape index (κ1) is 12.7. The van der Waals surface area contributed by atoms with E-state index in [4.69, 9.17) is 4.74 Å². The maximum atomic E-state index is 11.2. The van der Waals surface area contributed by atoms with Crippen molar-refractivity contribution >= 4 is 12.0 Å². The zero-order chi connectivity index (χ0) is 11.0. The van der Waals surface area contributed by atoms with E-state index in [9.17, 15) is 9.59 Å². The van der Waals surface area contributed by atoms with Gasteiger partial charge in [-0.2, -0.15) is 0 Å². The summed E-state index contributed by atoms with van der Waals surface area (Å²) < 4.78 is 4.71. The summed E-state index contributed by atoms with van der Waals surface area (Å²) in [5, 5.41) is 2.61. The molecule has 0 aromatic heterocycles. The highest BCUT2D eigenvalue weighted by Gasteiger charge is 2.06. The van der Waals surface area contributed by atoms with Crippen LogP contribution < -0.4 is 5.32 Å². The average molecular weight is 202 g/mol. The highest BCUT2D eigenvalue weighted by Crippen LogP contribution is 1.86. The van der Waals surface area contributed by atoms with Crippen LogP contribution in [0, 0.1) is 0 Å². The molecule has 0 saturated heterocycles. The molecule has 0 radical (unpaired) electrons. The Kier molecular flexibility index (Phi) is 6.53. The van der Waals surface area contributed by atoms with E-state index in [1.807, 2.05) is 6.92 Å². The molecular weight excluding hydrogens is 184 g/mol. The van der Waals surface area contributed by atoms with Gasteiger partial charge in [-0.25, -0.2) is 4.79 Å². The predicted molar refractivity (Wildman–Crippen MR) is 53.0 cm³/mol. The fourth-order valence-corrected chi connectivity index (χ4v) is 0.783. The van der Waals surface area contributed by atoms with Gasteiger partial charge >= 0.3 is 12.0 Å². The Hall–Kier alpha value is -1.26. The van der Waals surface area contributed by atoms with Gasteiger partial charge in [0.2, 0.25) is 0 Å². The van der Waals surface area contributed by atoms with Crippen molar-refractivity contribution in [3.8, 4) is 0 Å². The number of esters is 1. The van der Waals surface area contributed by atoms with E-state index in [1.54, 1.807) is 14.0 Å². The summed E-state index contributed by atoms with van der Waals surface area (Å²) in [6.07, 6.45) is 0.219. The fourth-order valence-electron chi connectivity index (χ4n) is 0.783. The van der Waals surface area contributed by atoms with Gasteiger partial charge in [0.25, 0.3) is 0 Å². The second kappa shape index (κ2) is 7.17. The number of urea groups is 1. The highest BCUT2D eigenvalue weighted by atomic mass is 16.5. The minimum atomic E-state index is -0.285. The molecule has 82 valence electrons. The zero-order valence-corrected chi connectivity index (χ0v) is 9.00. The number of carbonyl (C=O) groups excluding carboxylic acids is 2. The molecule has 0 aliphatic heterocycles. The van der Waals surface area contributed by atoms with Crippen LogP contribution in [0.3, 0.4) is 0 Å². The van der Waals surface area contributed by atoms with E-state index in [2.05, 4.69) is 5.32 Å². The normalized spacial score (nSPS) is 9.36. The van der Waals surface area contributed by atoms with Gasteiger partial charge in [-0.3, -0.25) is 4.79 Å². The molecule has 0 aromatic carbocycles. The number of ether oxygens (including phenoxy) is 1. The van der Waals surface area contributed by atoms with Crippen LogP contribution in [-0.2, 0) is 9.53 Å². The van der Waals surface area contributed by atoms with Gasteiger partial charge in [0.1, 0.15) is 0 Å². The molecule has 0 rings (SSSR count). The van der Waals surface area contributed by atoms with E-state index in [0.29, 0.717) is 19.7 Å². The molecule has 0 aliphatic carbocycles. The summed E-state index contributed by atoms with van der Waals surface area (Å²) in [7, 11) is 1.69. The van der Waals surface area contributed by atoms with Gasteiger partial charge in [-0.05, 0) is 13.8 Å². The average Bonchev–Trinajstić information content (AvgIpc) is 2.16. The number of rotatable bonds is 5. The van der Waals surface area contributed by atoms with Crippen molar-refractivity contribution in [1.82, 2.24) is 10.2 Å². The van der Waals surface area contributed by atoms with Crippen LogP contribution in [0.15, 0.2) is 0 Å². The first-order valence-corrected chi connectivity index (χ1v) is 4.76. The lowest BCUT2D eigenvalue weighted by Gasteiger charge is -2.14. The Morgan fingerprint density at radius 3 is 2.50 bits per heavy atom. The molecule has 0 aliphatic rings. The fraction of sp³-hybridized carbons (Fsp3) is 0.778. The second-order valence-corrected chi connectivity index (χ2v) is 2.80. The van der Waals surface area contributed by atoms with Crippen molar-refractivity contribution < 1.29 is 14.3 Å².